The summed E-state index contributed by atoms with van der Waals surface area (Å²) < 4.78 is 17.3. The van der Waals surface area contributed by atoms with E-state index in [4.69, 9.17) is 4.74 Å². The summed E-state index contributed by atoms with van der Waals surface area (Å²) in [4.78, 5) is 15.5. The maximum atomic E-state index is 13.2. The predicted octanol–water partition coefficient (Wildman–Crippen LogP) is 4.93. The van der Waals surface area contributed by atoms with Crippen LogP contribution < -0.4 is 10.1 Å². The van der Waals surface area contributed by atoms with E-state index in [-0.39, 0.29) is 53.8 Å². The Labute approximate surface area is 262 Å². The van der Waals surface area contributed by atoms with Crippen LogP contribution in [0.2, 0.25) is 0 Å². The van der Waals surface area contributed by atoms with Gasteiger partial charge in [0.25, 0.3) is 5.91 Å². The molecule has 1 fully saturated rings. The van der Waals surface area contributed by atoms with Gasteiger partial charge in [0.05, 0.1) is 16.9 Å². The predicted molar refractivity (Wildman–Crippen MR) is 183 cm³/mol. The van der Waals surface area contributed by atoms with Gasteiger partial charge in [0, 0.05) is 59.9 Å². The highest BCUT2D eigenvalue weighted by atomic mass is 127. The van der Waals surface area contributed by atoms with Crippen LogP contribution in [0.5, 0.6) is 5.75 Å². The molecule has 1 unspecified atom stereocenters. The number of rotatable bonds is 11. The van der Waals surface area contributed by atoms with Crippen LogP contribution in [0.3, 0.4) is 0 Å². The average molecular weight is 870 g/mol. The molecule has 3 N–H and O–H groups in total. The van der Waals surface area contributed by atoms with Crippen LogP contribution in [0, 0.1) is 22.3 Å². The summed E-state index contributed by atoms with van der Waals surface area (Å²) >= 11 is 1.65. The number of amides is 1. The van der Waals surface area contributed by atoms with Crippen LogP contribution in [-0.2, 0) is 6.54 Å². The number of nitrogens with one attached hydrogen (secondary N) is 1. The first kappa shape index (κ1) is 30.7. The number of likely N-dealkylation sites (tertiary alicyclic amines) is 1. The van der Waals surface area contributed by atoms with Crippen molar-refractivity contribution in [1.82, 2.24) is 14.7 Å². The molecule has 39 heavy (non-hydrogen) atoms. The Bertz CT molecular complexity index is 1300. The third-order valence-corrected chi connectivity index (χ3v) is 11.7. The second kappa shape index (κ2) is 14.6. The molecule has 2 aromatic carbocycles. The molecule has 4 rings (SSSR count). The van der Waals surface area contributed by atoms with Crippen molar-refractivity contribution in [1.29, 1.82) is 0 Å². The highest BCUT2D eigenvalue weighted by molar-refractivity contribution is 14.2. The Balaban J connectivity index is 1.53. The molecule has 1 amide bonds. The van der Waals surface area contributed by atoms with E-state index in [1.165, 1.54) is 3.57 Å². The Morgan fingerprint density at radius 1 is 1.18 bits per heavy atom. The number of nitrogens with zero attached hydrogens (tertiary/aromatic N) is 3. The zero-order valence-electron chi connectivity index (χ0n) is 21.7. The van der Waals surface area contributed by atoms with Crippen LogP contribution in [0.15, 0.2) is 48.7 Å². The van der Waals surface area contributed by atoms with E-state index in [0.29, 0.717) is 29.2 Å². The number of hydrogen-bond donors (Lipinski definition) is 3. The van der Waals surface area contributed by atoms with Crippen molar-refractivity contribution in [2.24, 2.45) is 11.8 Å². The molecule has 1 aliphatic rings. The van der Waals surface area contributed by atoms with Gasteiger partial charge in [-0.15, -0.1) is 0 Å². The first-order valence-electron chi connectivity index (χ1n) is 12.4. The largest absolute Gasteiger partial charge is 0.470 e. The molecule has 0 aliphatic carbocycles. The van der Waals surface area contributed by atoms with Crippen molar-refractivity contribution >= 4 is 84.7 Å². The number of aliphatic hydroxyl groups excluding tert-OH is 2. The second-order valence-electron chi connectivity index (χ2n) is 9.52. The molecule has 0 radical (unpaired) electrons. The smallest absolute Gasteiger partial charge is 0.259 e. The van der Waals surface area contributed by atoms with Crippen molar-refractivity contribution in [3.8, 4) is 11.4 Å². The summed E-state index contributed by atoms with van der Waals surface area (Å²) in [6.45, 7) is 4.22. The van der Waals surface area contributed by atoms with Gasteiger partial charge in [0.2, 0.25) is 0 Å². The van der Waals surface area contributed by atoms with E-state index in [0.717, 1.165) is 30.8 Å². The minimum atomic E-state index is -0.392. The van der Waals surface area contributed by atoms with Gasteiger partial charge in [0.1, 0.15) is 5.75 Å². The molecule has 210 valence electrons. The summed E-state index contributed by atoms with van der Waals surface area (Å²) in [7, 11) is 0. The van der Waals surface area contributed by atoms with Crippen molar-refractivity contribution in [2.45, 2.75) is 22.0 Å². The van der Waals surface area contributed by atoms with Crippen LogP contribution in [-0.4, -0.2) is 68.3 Å². The third kappa shape index (κ3) is 8.15. The molecule has 2 heterocycles. The van der Waals surface area contributed by atoms with E-state index in [2.05, 4.69) is 59.1 Å². The lowest BCUT2D eigenvalue weighted by Gasteiger charge is -2.36. The Morgan fingerprint density at radius 2 is 1.87 bits per heavy atom. The first-order chi connectivity index (χ1) is 18.8. The number of hydrogen-bond acceptors (Lipinski definition) is 6. The standard InChI is InChI=1S/C28H33I3N4O4/c1-18-25(15-35(33-18)24-8-5-22(30-2)6-9-24)27(38)32-23-7-4-21(26(11-23)39-28(29)31-3)14-34-12-19(16-36)10-20(13-34)17-37/h4-9,11,15,19-20,28,36-37H,2-3,10,12-14,16-17H2,1H3,(H,32,38)/t19-,20+,28?. The Morgan fingerprint density at radius 3 is 2.49 bits per heavy atom. The minimum Gasteiger partial charge on any atom is -0.470 e. The molecule has 0 spiro atoms. The van der Waals surface area contributed by atoms with E-state index < -0.39 is 20.7 Å². The molecular formula is C28H33I3N4O4. The molecule has 0 saturated carbocycles. The summed E-state index contributed by atoms with van der Waals surface area (Å²) in [6.07, 6.45) is 2.59. The van der Waals surface area contributed by atoms with Gasteiger partial charge in [-0.1, -0.05) is 56.6 Å². The van der Waals surface area contributed by atoms with Crippen LogP contribution in [0.4, 0.5) is 5.69 Å². The third-order valence-electron chi connectivity index (χ3n) is 6.66. The Kier molecular flexibility index (Phi) is 11.5. The number of aromatic nitrogens is 2. The van der Waals surface area contributed by atoms with Crippen LogP contribution >= 0.6 is 64.1 Å². The first-order valence-corrected chi connectivity index (χ1v) is 19.1. The lowest BCUT2D eigenvalue weighted by atomic mass is 9.90. The topological polar surface area (TPSA) is 99.9 Å². The monoisotopic (exact) mass is 870 g/mol. The number of alkyl halides is 2. The SMILES string of the molecule is C=Ic1ccc(-n2cc(C(=O)Nc3ccc(CN4C[C@H](CO)C[C@H](CO)C4)c(OC(I)I=C)c3)c(C)n2)cc1. The van der Waals surface area contributed by atoms with Crippen molar-refractivity contribution in [3.05, 3.63) is 69.1 Å². The maximum Gasteiger partial charge on any atom is 0.259 e. The van der Waals surface area contributed by atoms with Gasteiger partial charge in [0.15, 0.2) is 2.12 Å². The zero-order valence-corrected chi connectivity index (χ0v) is 28.2. The molecule has 0 bridgehead atoms. The van der Waals surface area contributed by atoms with E-state index in [1.807, 2.05) is 37.3 Å². The minimum absolute atomic E-state index is 0.0136. The number of aliphatic hydroxyl groups is 2. The fraction of sp³-hybridized carbons (Fsp3) is 0.357. The number of ether oxygens (including phenoxy) is 1. The quantitative estimate of drug-likeness (QED) is 0.187. The molecule has 1 saturated heterocycles. The number of carbonyl (C=O) groups excluding carboxylic acids is 1. The molecule has 3 atom stereocenters. The number of anilines is 1. The van der Waals surface area contributed by atoms with Gasteiger partial charge in [-0.05, 0) is 78.1 Å². The molecule has 11 heteroatoms. The van der Waals surface area contributed by atoms with Crippen molar-refractivity contribution in [3.63, 3.8) is 0 Å². The Hall–Kier alpha value is -1.27. The van der Waals surface area contributed by atoms with E-state index in [9.17, 15) is 15.0 Å². The number of benzene rings is 2. The second-order valence-corrected chi connectivity index (χ2v) is 17.1. The lowest BCUT2D eigenvalue weighted by Crippen LogP contribution is -2.42. The van der Waals surface area contributed by atoms with Crippen molar-refractivity contribution < 1.29 is 19.7 Å². The lowest BCUT2D eigenvalue weighted by molar-refractivity contribution is 0.0535. The summed E-state index contributed by atoms with van der Waals surface area (Å²) in [6, 6.07) is 13.8. The van der Waals surface area contributed by atoms with Gasteiger partial charge >= 0.3 is 0 Å². The number of halogens is 3. The van der Waals surface area contributed by atoms with Crippen molar-refractivity contribution in [2.75, 3.05) is 31.6 Å². The average Bonchev–Trinajstić information content (AvgIpc) is 3.35. The number of piperidine rings is 1. The van der Waals surface area contributed by atoms with Crippen LogP contribution in [0.25, 0.3) is 5.69 Å². The van der Waals surface area contributed by atoms with Gasteiger partial charge in [-0.3, -0.25) is 9.69 Å². The highest BCUT2D eigenvalue weighted by Crippen LogP contribution is 2.32. The number of aryl methyl sites for hydroxylation is 1. The molecule has 1 aromatic heterocycles. The van der Waals surface area contributed by atoms with E-state index >= 15 is 0 Å². The molecule has 3 aromatic rings. The van der Waals surface area contributed by atoms with E-state index in [1.54, 1.807) is 10.9 Å². The normalized spacial score (nSPS) is 18.6. The molecular weight excluding hydrogens is 837 g/mol. The summed E-state index contributed by atoms with van der Waals surface area (Å²) in [5.74, 6) is 0.770. The maximum absolute atomic E-state index is 13.2. The number of carbonyl (C=O) groups is 1. The molecule has 1 aliphatic heterocycles. The highest BCUT2D eigenvalue weighted by Gasteiger charge is 2.27. The van der Waals surface area contributed by atoms with Crippen LogP contribution in [0.1, 0.15) is 28.0 Å². The summed E-state index contributed by atoms with van der Waals surface area (Å²) in [5, 5.41) is 27.0. The van der Waals surface area contributed by atoms with Gasteiger partial charge < -0.3 is 20.3 Å². The fourth-order valence-electron chi connectivity index (χ4n) is 4.76. The molecule has 8 nitrogen and oxygen atoms in total. The summed E-state index contributed by atoms with van der Waals surface area (Å²) in [5.41, 5.74) is 3.68. The fourth-order valence-corrected chi connectivity index (χ4v) is 6.35. The van der Waals surface area contributed by atoms with Gasteiger partial charge in [-0.2, -0.15) is 5.10 Å². The van der Waals surface area contributed by atoms with Gasteiger partial charge in [-0.25, -0.2) is 4.68 Å². The zero-order chi connectivity index (χ0) is 27.9.